The van der Waals surface area contributed by atoms with E-state index in [1.54, 1.807) is 18.2 Å². The molecule has 1 aromatic carbocycles. The number of hydrogen-bond acceptors (Lipinski definition) is 4. The molecule has 0 bridgehead atoms. The molecule has 1 heterocycles. The van der Waals surface area contributed by atoms with E-state index in [9.17, 15) is 4.79 Å². The second-order valence-electron chi connectivity index (χ2n) is 4.96. The van der Waals surface area contributed by atoms with Crippen LogP contribution < -0.4 is 14.8 Å². The van der Waals surface area contributed by atoms with Crippen LogP contribution in [0.4, 0.5) is 0 Å². The second kappa shape index (κ2) is 5.40. The van der Waals surface area contributed by atoms with Gasteiger partial charge in [-0.15, -0.1) is 0 Å². The molecule has 0 saturated heterocycles. The minimum absolute atomic E-state index is 0.0777. The first-order valence-corrected chi connectivity index (χ1v) is 6.25. The predicted molar refractivity (Wildman–Crippen MR) is 69.2 cm³/mol. The molecule has 1 N–H and O–H groups in total. The van der Waals surface area contributed by atoms with Gasteiger partial charge in [-0.1, -0.05) is 13.8 Å². The maximum Gasteiger partial charge on any atom is 0.231 e. The van der Waals surface area contributed by atoms with Crippen LogP contribution in [0.2, 0.25) is 0 Å². The fraction of sp³-hybridized carbons (Fsp3) is 0.500. The largest absolute Gasteiger partial charge is 0.454 e. The number of benzene rings is 1. The Balaban J connectivity index is 2.04. The van der Waals surface area contributed by atoms with Crippen LogP contribution in [0.5, 0.6) is 11.5 Å². The molecule has 0 radical (unpaired) electrons. The normalized spacial score (nSPS) is 14.9. The van der Waals surface area contributed by atoms with Gasteiger partial charge in [-0.3, -0.25) is 4.79 Å². The molecule has 2 rings (SSSR count). The molecule has 0 aromatic heterocycles. The average molecular weight is 249 g/mol. The average Bonchev–Trinajstić information content (AvgIpc) is 2.81. The second-order valence-corrected chi connectivity index (χ2v) is 4.96. The van der Waals surface area contributed by atoms with Gasteiger partial charge in [0, 0.05) is 5.56 Å². The molecule has 18 heavy (non-hydrogen) atoms. The molecule has 1 atom stereocenters. The molecular weight excluding hydrogens is 230 g/mol. The lowest BCUT2D eigenvalue weighted by Crippen LogP contribution is -2.36. The van der Waals surface area contributed by atoms with E-state index in [-0.39, 0.29) is 18.6 Å². The monoisotopic (exact) mass is 249 g/mol. The molecule has 0 saturated carbocycles. The van der Waals surface area contributed by atoms with Crippen molar-refractivity contribution in [2.45, 2.75) is 26.8 Å². The number of rotatable bonds is 5. The number of ketones is 1. The summed E-state index contributed by atoms with van der Waals surface area (Å²) in [5, 5.41) is 3.23. The van der Waals surface area contributed by atoms with Crippen molar-refractivity contribution in [3.05, 3.63) is 23.8 Å². The van der Waals surface area contributed by atoms with Gasteiger partial charge >= 0.3 is 0 Å². The van der Waals surface area contributed by atoms with Gasteiger partial charge < -0.3 is 14.8 Å². The van der Waals surface area contributed by atoms with E-state index in [4.69, 9.17) is 9.47 Å². The van der Waals surface area contributed by atoms with Crippen LogP contribution in [0.3, 0.4) is 0 Å². The Labute approximate surface area is 107 Å². The van der Waals surface area contributed by atoms with Crippen molar-refractivity contribution in [1.29, 1.82) is 0 Å². The zero-order valence-electron chi connectivity index (χ0n) is 11.0. The van der Waals surface area contributed by atoms with Crippen molar-refractivity contribution in [2.75, 3.05) is 13.3 Å². The standard InChI is InChI=1S/C14H19NO3/c1-9(2)7-15-10(3)14(16)11-4-5-12-13(6-11)18-8-17-12/h4-6,9-10,15H,7-8H2,1-3H3. The first-order valence-electron chi connectivity index (χ1n) is 6.25. The van der Waals surface area contributed by atoms with Gasteiger partial charge in [0.05, 0.1) is 6.04 Å². The third kappa shape index (κ3) is 2.82. The summed E-state index contributed by atoms with van der Waals surface area (Å²) in [7, 11) is 0. The van der Waals surface area contributed by atoms with Gasteiger partial charge in [-0.05, 0) is 37.6 Å². The Kier molecular flexibility index (Phi) is 3.87. The van der Waals surface area contributed by atoms with Crippen LogP contribution in [-0.4, -0.2) is 25.2 Å². The molecule has 4 heteroatoms. The van der Waals surface area contributed by atoms with E-state index in [1.165, 1.54) is 0 Å². The van der Waals surface area contributed by atoms with Gasteiger partial charge in [0.2, 0.25) is 6.79 Å². The lowest BCUT2D eigenvalue weighted by atomic mass is 10.0. The summed E-state index contributed by atoms with van der Waals surface area (Å²) in [4.78, 5) is 12.2. The van der Waals surface area contributed by atoms with Crippen molar-refractivity contribution in [3.8, 4) is 11.5 Å². The molecule has 0 amide bonds. The van der Waals surface area contributed by atoms with E-state index in [1.807, 2.05) is 6.92 Å². The quantitative estimate of drug-likeness (QED) is 0.813. The Hall–Kier alpha value is -1.55. The minimum atomic E-state index is -0.187. The van der Waals surface area contributed by atoms with Crippen molar-refractivity contribution in [3.63, 3.8) is 0 Å². The molecule has 1 aliphatic heterocycles. The Bertz CT molecular complexity index is 443. The smallest absolute Gasteiger partial charge is 0.231 e. The summed E-state index contributed by atoms with van der Waals surface area (Å²) in [5.41, 5.74) is 0.656. The molecule has 0 fully saturated rings. The van der Waals surface area contributed by atoms with E-state index in [2.05, 4.69) is 19.2 Å². The highest BCUT2D eigenvalue weighted by Crippen LogP contribution is 2.32. The number of nitrogens with one attached hydrogen (secondary N) is 1. The first-order chi connectivity index (χ1) is 8.58. The van der Waals surface area contributed by atoms with Gasteiger partial charge in [0.25, 0.3) is 0 Å². The highest BCUT2D eigenvalue weighted by molar-refractivity contribution is 6.00. The van der Waals surface area contributed by atoms with Crippen molar-refractivity contribution in [2.24, 2.45) is 5.92 Å². The minimum Gasteiger partial charge on any atom is -0.454 e. The van der Waals surface area contributed by atoms with Crippen LogP contribution in [0.1, 0.15) is 31.1 Å². The summed E-state index contributed by atoms with van der Waals surface area (Å²) < 4.78 is 10.5. The number of carbonyl (C=O) groups is 1. The van der Waals surface area contributed by atoms with Gasteiger partial charge in [-0.2, -0.15) is 0 Å². The molecule has 0 aliphatic carbocycles. The zero-order valence-corrected chi connectivity index (χ0v) is 11.0. The Morgan fingerprint density at radius 3 is 2.72 bits per heavy atom. The topological polar surface area (TPSA) is 47.6 Å². The van der Waals surface area contributed by atoms with E-state index < -0.39 is 0 Å². The van der Waals surface area contributed by atoms with Gasteiger partial charge in [0.15, 0.2) is 17.3 Å². The van der Waals surface area contributed by atoms with Gasteiger partial charge in [0.1, 0.15) is 0 Å². The molecule has 98 valence electrons. The maximum atomic E-state index is 12.2. The fourth-order valence-electron chi connectivity index (χ4n) is 1.80. The maximum absolute atomic E-state index is 12.2. The highest BCUT2D eigenvalue weighted by Gasteiger charge is 2.19. The summed E-state index contributed by atoms with van der Waals surface area (Å²) in [6, 6.07) is 5.12. The number of fused-ring (bicyclic) bond motifs is 1. The molecule has 4 nitrogen and oxygen atoms in total. The molecule has 1 aromatic rings. The molecule has 1 unspecified atom stereocenters. The van der Waals surface area contributed by atoms with Crippen LogP contribution >= 0.6 is 0 Å². The first kappa shape index (κ1) is 12.9. The number of hydrogen-bond donors (Lipinski definition) is 1. The lowest BCUT2D eigenvalue weighted by Gasteiger charge is -2.14. The van der Waals surface area contributed by atoms with Crippen LogP contribution in [0.15, 0.2) is 18.2 Å². The van der Waals surface area contributed by atoms with Gasteiger partial charge in [-0.25, -0.2) is 0 Å². The predicted octanol–water partition coefficient (Wildman–Crippen LogP) is 2.23. The summed E-state index contributed by atoms with van der Waals surface area (Å²) in [6.45, 7) is 7.18. The van der Waals surface area contributed by atoms with Crippen molar-refractivity contribution < 1.29 is 14.3 Å². The van der Waals surface area contributed by atoms with E-state index in [0.717, 1.165) is 6.54 Å². The van der Waals surface area contributed by atoms with Crippen molar-refractivity contribution >= 4 is 5.78 Å². The third-order valence-corrected chi connectivity index (χ3v) is 2.88. The fourth-order valence-corrected chi connectivity index (χ4v) is 1.80. The molecule has 0 spiro atoms. The van der Waals surface area contributed by atoms with E-state index in [0.29, 0.717) is 23.0 Å². The van der Waals surface area contributed by atoms with Crippen molar-refractivity contribution in [1.82, 2.24) is 5.32 Å². The Morgan fingerprint density at radius 2 is 2.00 bits per heavy atom. The lowest BCUT2D eigenvalue weighted by molar-refractivity contribution is 0.0949. The Morgan fingerprint density at radius 1 is 1.28 bits per heavy atom. The third-order valence-electron chi connectivity index (χ3n) is 2.88. The zero-order chi connectivity index (χ0) is 13.1. The van der Waals surface area contributed by atoms with Crippen LogP contribution in [-0.2, 0) is 0 Å². The molecule has 1 aliphatic rings. The van der Waals surface area contributed by atoms with E-state index >= 15 is 0 Å². The highest BCUT2D eigenvalue weighted by atomic mass is 16.7. The van der Waals surface area contributed by atoms with Crippen LogP contribution in [0.25, 0.3) is 0 Å². The number of carbonyl (C=O) groups excluding carboxylic acids is 1. The summed E-state index contributed by atoms with van der Waals surface area (Å²) in [6.07, 6.45) is 0. The summed E-state index contributed by atoms with van der Waals surface area (Å²) >= 11 is 0. The summed E-state index contributed by atoms with van der Waals surface area (Å²) in [5.74, 6) is 1.96. The number of ether oxygens (including phenoxy) is 2. The SMILES string of the molecule is CC(C)CNC(C)C(=O)c1ccc2c(c1)OCO2. The van der Waals surface area contributed by atoms with Crippen LogP contribution in [0, 0.1) is 5.92 Å². The number of Topliss-reactive ketones (excluding diaryl/α,β-unsaturated/α-hetero) is 1. The molecular formula is C14H19NO3.